The number of aromatic nitrogens is 3. The first-order valence-corrected chi connectivity index (χ1v) is 6.99. The molecule has 1 aromatic carbocycles. The number of benzene rings is 1. The molecule has 2 heterocycles. The Labute approximate surface area is 124 Å². The highest BCUT2D eigenvalue weighted by molar-refractivity contribution is 7.19. The number of nitrogens with zero attached hydrogens (tertiary/aromatic N) is 3. The average Bonchev–Trinajstić information content (AvgIpc) is 3.05. The summed E-state index contributed by atoms with van der Waals surface area (Å²) in [4.78, 5) is 20.3. The molecule has 1 amide bonds. The fraction of sp³-hybridized carbons (Fsp3) is 0.0714. The van der Waals surface area contributed by atoms with Gasteiger partial charge in [0.1, 0.15) is 5.69 Å². The van der Waals surface area contributed by atoms with E-state index in [1.807, 2.05) is 48.1 Å². The fourth-order valence-corrected chi connectivity index (χ4v) is 2.90. The second-order valence-corrected chi connectivity index (χ2v) is 5.42. The molecule has 0 spiro atoms. The maximum atomic E-state index is 10.8. The molecule has 106 valence electrons. The van der Waals surface area contributed by atoms with Gasteiger partial charge < -0.3 is 9.67 Å². The number of imidazole rings is 1. The summed E-state index contributed by atoms with van der Waals surface area (Å²) in [5.74, 6) is 0. The molecule has 7 heteroatoms. The quantitative estimate of drug-likeness (QED) is 0.777. The number of hydrogen-bond acceptors (Lipinski definition) is 4. The van der Waals surface area contributed by atoms with Crippen LogP contribution in [0, 0.1) is 0 Å². The minimum atomic E-state index is -1.13. The normalized spacial score (nSPS) is 10.5. The Kier molecular flexibility index (Phi) is 3.41. The third-order valence-electron chi connectivity index (χ3n) is 2.83. The van der Waals surface area contributed by atoms with Crippen LogP contribution in [0.2, 0.25) is 0 Å². The first-order chi connectivity index (χ1) is 10.1. The van der Waals surface area contributed by atoms with Crippen molar-refractivity contribution in [2.45, 2.75) is 0 Å². The second kappa shape index (κ2) is 5.37. The molecule has 0 radical (unpaired) electrons. The van der Waals surface area contributed by atoms with E-state index in [4.69, 9.17) is 5.11 Å². The molecule has 0 unspecified atom stereocenters. The van der Waals surface area contributed by atoms with Crippen LogP contribution in [0.4, 0.5) is 9.93 Å². The van der Waals surface area contributed by atoms with Gasteiger partial charge in [-0.15, -0.1) is 0 Å². The maximum absolute atomic E-state index is 10.8. The molecular formula is C14H12N4O2S. The average molecular weight is 300 g/mol. The molecular weight excluding hydrogens is 288 g/mol. The minimum Gasteiger partial charge on any atom is -0.465 e. The third kappa shape index (κ3) is 2.77. The van der Waals surface area contributed by atoms with Gasteiger partial charge in [-0.2, -0.15) is 0 Å². The van der Waals surface area contributed by atoms with Crippen molar-refractivity contribution >= 4 is 22.6 Å². The Morgan fingerprint density at radius 1 is 1.33 bits per heavy atom. The molecule has 3 aromatic rings. The lowest BCUT2D eigenvalue weighted by molar-refractivity contribution is 0.209. The van der Waals surface area contributed by atoms with E-state index in [1.165, 1.54) is 11.3 Å². The lowest BCUT2D eigenvalue weighted by atomic mass is 10.1. The van der Waals surface area contributed by atoms with E-state index < -0.39 is 6.09 Å². The topological polar surface area (TPSA) is 80.0 Å². The zero-order chi connectivity index (χ0) is 14.8. The summed E-state index contributed by atoms with van der Waals surface area (Å²) in [6, 6.07) is 9.63. The Hall–Kier alpha value is -2.67. The summed E-state index contributed by atoms with van der Waals surface area (Å²) in [6.45, 7) is 0. The van der Waals surface area contributed by atoms with Crippen molar-refractivity contribution in [3.05, 3.63) is 42.9 Å². The highest BCUT2D eigenvalue weighted by Gasteiger charge is 2.17. The van der Waals surface area contributed by atoms with Crippen LogP contribution < -0.4 is 5.32 Å². The van der Waals surface area contributed by atoms with E-state index in [0.717, 1.165) is 21.8 Å². The smallest absolute Gasteiger partial charge is 0.410 e. The molecule has 2 N–H and O–H groups in total. The van der Waals surface area contributed by atoms with E-state index in [1.54, 1.807) is 6.33 Å². The van der Waals surface area contributed by atoms with Crippen molar-refractivity contribution < 1.29 is 9.90 Å². The summed E-state index contributed by atoms with van der Waals surface area (Å²) < 4.78 is 1.84. The molecule has 6 nitrogen and oxygen atoms in total. The van der Waals surface area contributed by atoms with E-state index in [0.29, 0.717) is 5.13 Å². The Morgan fingerprint density at radius 2 is 2.10 bits per heavy atom. The molecule has 0 atom stereocenters. The molecule has 0 fully saturated rings. The van der Waals surface area contributed by atoms with Crippen LogP contribution in [0.5, 0.6) is 0 Å². The Balaban J connectivity index is 2.12. The Bertz CT molecular complexity index is 779. The molecule has 0 saturated carbocycles. The predicted octanol–water partition coefficient (Wildman–Crippen LogP) is 3.30. The zero-order valence-electron chi connectivity index (χ0n) is 11.1. The number of carboxylic acid groups (broad SMARTS) is 1. The SMILES string of the molecule is Cn1cnc(-c2sc(NC(=O)O)nc2-c2ccccc2)c1. The van der Waals surface area contributed by atoms with Crippen LogP contribution >= 0.6 is 11.3 Å². The van der Waals surface area contributed by atoms with Crippen LogP contribution in [-0.2, 0) is 7.05 Å². The lowest BCUT2D eigenvalue weighted by Gasteiger charge is -1.99. The monoisotopic (exact) mass is 300 g/mol. The number of rotatable bonds is 3. The van der Waals surface area contributed by atoms with Crippen LogP contribution in [0.1, 0.15) is 0 Å². The third-order valence-corrected chi connectivity index (χ3v) is 3.82. The number of carbonyl (C=O) groups is 1. The summed E-state index contributed by atoms with van der Waals surface area (Å²) >= 11 is 1.27. The van der Waals surface area contributed by atoms with Crippen molar-refractivity contribution in [1.29, 1.82) is 0 Å². The minimum absolute atomic E-state index is 0.335. The lowest BCUT2D eigenvalue weighted by Crippen LogP contribution is -2.06. The molecule has 0 bridgehead atoms. The number of amides is 1. The summed E-state index contributed by atoms with van der Waals surface area (Å²) in [6.07, 6.45) is 2.45. The number of thiazole rings is 1. The van der Waals surface area contributed by atoms with E-state index in [9.17, 15) is 4.79 Å². The fourth-order valence-electron chi connectivity index (χ4n) is 1.96. The van der Waals surface area contributed by atoms with E-state index in [-0.39, 0.29) is 0 Å². The highest BCUT2D eigenvalue weighted by atomic mass is 32.1. The van der Waals surface area contributed by atoms with Crippen molar-refractivity contribution in [2.75, 3.05) is 5.32 Å². The molecule has 0 saturated heterocycles. The van der Waals surface area contributed by atoms with Gasteiger partial charge in [0.05, 0.1) is 16.9 Å². The summed E-state index contributed by atoms with van der Waals surface area (Å²) in [7, 11) is 1.89. The van der Waals surface area contributed by atoms with Crippen LogP contribution in [0.15, 0.2) is 42.9 Å². The Morgan fingerprint density at radius 3 is 2.71 bits per heavy atom. The number of aryl methyl sites for hydroxylation is 1. The van der Waals surface area contributed by atoms with E-state index in [2.05, 4.69) is 15.3 Å². The van der Waals surface area contributed by atoms with Crippen LogP contribution in [0.3, 0.4) is 0 Å². The molecule has 21 heavy (non-hydrogen) atoms. The van der Waals surface area contributed by atoms with Crippen LogP contribution in [0.25, 0.3) is 21.8 Å². The largest absolute Gasteiger partial charge is 0.465 e. The van der Waals surface area contributed by atoms with Gasteiger partial charge in [0, 0.05) is 18.8 Å². The van der Waals surface area contributed by atoms with Crippen molar-refractivity contribution in [1.82, 2.24) is 14.5 Å². The first kappa shape index (κ1) is 13.3. The van der Waals surface area contributed by atoms with Crippen molar-refractivity contribution in [3.63, 3.8) is 0 Å². The number of hydrogen-bond donors (Lipinski definition) is 2. The van der Waals surface area contributed by atoms with Gasteiger partial charge in [0.15, 0.2) is 5.13 Å². The first-order valence-electron chi connectivity index (χ1n) is 6.18. The summed E-state index contributed by atoms with van der Waals surface area (Å²) in [5.41, 5.74) is 2.42. The maximum Gasteiger partial charge on any atom is 0.410 e. The zero-order valence-corrected chi connectivity index (χ0v) is 12.0. The van der Waals surface area contributed by atoms with Gasteiger partial charge >= 0.3 is 6.09 Å². The van der Waals surface area contributed by atoms with Gasteiger partial charge in [-0.1, -0.05) is 41.7 Å². The van der Waals surface area contributed by atoms with Crippen LogP contribution in [-0.4, -0.2) is 25.7 Å². The van der Waals surface area contributed by atoms with Gasteiger partial charge in [-0.25, -0.2) is 14.8 Å². The molecule has 0 aliphatic heterocycles. The molecule has 2 aromatic heterocycles. The second-order valence-electron chi connectivity index (χ2n) is 4.42. The predicted molar refractivity (Wildman–Crippen MR) is 81.4 cm³/mol. The van der Waals surface area contributed by atoms with Gasteiger partial charge in [-0.05, 0) is 0 Å². The van der Waals surface area contributed by atoms with Crippen molar-refractivity contribution in [2.24, 2.45) is 7.05 Å². The van der Waals surface area contributed by atoms with Crippen molar-refractivity contribution in [3.8, 4) is 21.8 Å². The number of nitrogens with one attached hydrogen (secondary N) is 1. The molecule has 0 aliphatic carbocycles. The van der Waals surface area contributed by atoms with E-state index >= 15 is 0 Å². The summed E-state index contributed by atoms with van der Waals surface area (Å²) in [5, 5.41) is 11.5. The van der Waals surface area contributed by atoms with Gasteiger partial charge in [0.25, 0.3) is 0 Å². The highest BCUT2D eigenvalue weighted by Crippen LogP contribution is 2.38. The number of anilines is 1. The van der Waals surface area contributed by atoms with Gasteiger partial charge in [-0.3, -0.25) is 5.32 Å². The standard InChI is InChI=1S/C14H12N4O2S/c1-18-7-10(15-8-18)12-11(9-5-3-2-4-6-9)16-13(21-12)17-14(19)20/h2-8H,1H3,(H,16,17)(H,19,20). The molecule has 3 rings (SSSR count). The molecule has 0 aliphatic rings. The van der Waals surface area contributed by atoms with Gasteiger partial charge in [0.2, 0.25) is 0 Å².